The number of hydrogen-bond donors (Lipinski definition) is 2. The molecular weight excluding hydrogens is 442 g/mol. The molecule has 1 aromatic carbocycles. The van der Waals surface area contributed by atoms with Crippen molar-refractivity contribution < 1.29 is 23.8 Å². The highest BCUT2D eigenvalue weighted by Crippen LogP contribution is 2.33. The average Bonchev–Trinajstić information content (AvgIpc) is 2.65. The second-order valence-corrected chi connectivity index (χ2v) is 10.7. The number of nitrogens with one attached hydrogen (secondary N) is 2. The molecule has 2 unspecified atom stereocenters. The molecule has 1 aliphatic heterocycles. The van der Waals surface area contributed by atoms with Crippen LogP contribution < -0.4 is 15.4 Å². The van der Waals surface area contributed by atoms with Crippen LogP contribution in [0.4, 0.5) is 15.3 Å². The quantitative estimate of drug-likeness (QED) is 0.527. The zero-order valence-corrected chi connectivity index (χ0v) is 21.7. The number of carbonyl (C=O) groups is 2. The van der Waals surface area contributed by atoms with Gasteiger partial charge in [0.25, 0.3) is 0 Å². The lowest BCUT2D eigenvalue weighted by molar-refractivity contribution is 0.0291. The van der Waals surface area contributed by atoms with E-state index in [0.717, 1.165) is 11.3 Å². The molecule has 2 N–H and O–H groups in total. The average molecular weight is 480 g/mol. The lowest BCUT2D eigenvalue weighted by Gasteiger charge is -2.28. The van der Waals surface area contributed by atoms with Crippen LogP contribution >= 0.6 is 12.2 Å². The van der Waals surface area contributed by atoms with Crippen LogP contribution in [0.25, 0.3) is 0 Å². The molecule has 9 heteroatoms. The topological polar surface area (TPSA) is 89.1 Å². The van der Waals surface area contributed by atoms with Crippen LogP contribution in [0.1, 0.15) is 72.9 Å². The van der Waals surface area contributed by atoms with Gasteiger partial charge in [-0.15, -0.1) is 0 Å². The predicted octanol–water partition coefficient (Wildman–Crippen LogP) is 5.42. The summed E-state index contributed by atoms with van der Waals surface area (Å²) in [4.78, 5) is 26.9. The van der Waals surface area contributed by atoms with Crippen molar-refractivity contribution in [1.29, 1.82) is 0 Å². The molecule has 1 heterocycles. The molecule has 0 bridgehead atoms. The predicted molar refractivity (Wildman–Crippen MR) is 133 cm³/mol. The minimum atomic E-state index is -0.612. The lowest BCUT2D eigenvalue weighted by atomic mass is 10.0. The van der Waals surface area contributed by atoms with Gasteiger partial charge in [0.2, 0.25) is 0 Å². The first-order chi connectivity index (χ1) is 15.1. The Balaban J connectivity index is 2.12. The summed E-state index contributed by atoms with van der Waals surface area (Å²) in [6, 6.07) is 5.38. The highest BCUT2D eigenvalue weighted by molar-refractivity contribution is 7.80. The molecule has 1 aliphatic rings. The van der Waals surface area contributed by atoms with E-state index in [2.05, 4.69) is 10.6 Å². The van der Waals surface area contributed by atoms with Gasteiger partial charge in [-0.1, -0.05) is 18.3 Å². The van der Waals surface area contributed by atoms with Gasteiger partial charge in [-0.2, -0.15) is 0 Å². The van der Waals surface area contributed by atoms with Gasteiger partial charge in [-0.05, 0) is 79.0 Å². The molecule has 0 aromatic heterocycles. The highest BCUT2D eigenvalue weighted by Gasteiger charge is 2.25. The Kier molecular flexibility index (Phi) is 8.57. The van der Waals surface area contributed by atoms with Crippen molar-refractivity contribution in [3.8, 4) is 5.75 Å². The van der Waals surface area contributed by atoms with E-state index in [1.807, 2.05) is 66.7 Å². The SMILES string of the molecule is CC1Oc2ccc(C(CCCN(C)C(=O)OC(C)(C)C)NC(=O)OC(C)(C)C)cc2NC1=S. The van der Waals surface area contributed by atoms with E-state index < -0.39 is 17.3 Å². The van der Waals surface area contributed by atoms with Crippen molar-refractivity contribution in [1.82, 2.24) is 10.2 Å². The van der Waals surface area contributed by atoms with Crippen LogP contribution in [0.2, 0.25) is 0 Å². The normalized spacial score (nSPS) is 16.6. The number of nitrogens with zero attached hydrogens (tertiary/aromatic N) is 1. The first-order valence-corrected chi connectivity index (χ1v) is 11.6. The van der Waals surface area contributed by atoms with E-state index in [1.54, 1.807) is 7.05 Å². The summed E-state index contributed by atoms with van der Waals surface area (Å²) in [5.41, 5.74) is 0.479. The molecule has 0 saturated carbocycles. The maximum Gasteiger partial charge on any atom is 0.410 e. The Morgan fingerprint density at radius 2 is 1.82 bits per heavy atom. The number of carbonyl (C=O) groups excluding carboxylic acids is 2. The lowest BCUT2D eigenvalue weighted by Crippen LogP contribution is -2.37. The van der Waals surface area contributed by atoms with Crippen molar-refractivity contribution in [2.75, 3.05) is 18.9 Å². The molecule has 0 fully saturated rings. The fraction of sp³-hybridized carbons (Fsp3) is 0.625. The van der Waals surface area contributed by atoms with Gasteiger partial charge >= 0.3 is 12.2 Å². The van der Waals surface area contributed by atoms with E-state index >= 15 is 0 Å². The number of amides is 2. The second kappa shape index (κ2) is 10.6. The first kappa shape index (κ1) is 26.7. The maximum atomic E-state index is 12.5. The number of alkyl carbamates (subject to hydrolysis) is 1. The van der Waals surface area contributed by atoms with Gasteiger partial charge in [0.15, 0.2) is 0 Å². The fourth-order valence-electron chi connectivity index (χ4n) is 3.18. The Morgan fingerprint density at radius 3 is 2.42 bits per heavy atom. The van der Waals surface area contributed by atoms with Crippen LogP contribution in [0.3, 0.4) is 0 Å². The molecule has 2 atom stereocenters. The number of fused-ring (bicyclic) bond motifs is 1. The third-order valence-corrected chi connectivity index (χ3v) is 5.15. The van der Waals surface area contributed by atoms with Crippen LogP contribution in [0.5, 0.6) is 5.75 Å². The molecule has 1 aromatic rings. The van der Waals surface area contributed by atoms with Crippen molar-refractivity contribution in [3.63, 3.8) is 0 Å². The van der Waals surface area contributed by atoms with Crippen molar-refractivity contribution in [3.05, 3.63) is 23.8 Å². The number of rotatable bonds is 6. The van der Waals surface area contributed by atoms with Crippen LogP contribution in [0.15, 0.2) is 18.2 Å². The summed E-state index contributed by atoms with van der Waals surface area (Å²) in [6.07, 6.45) is 0.160. The van der Waals surface area contributed by atoms with Crippen molar-refractivity contribution in [2.24, 2.45) is 0 Å². The highest BCUT2D eigenvalue weighted by atomic mass is 32.1. The van der Waals surface area contributed by atoms with Crippen LogP contribution in [-0.4, -0.2) is 53.0 Å². The number of ether oxygens (including phenoxy) is 3. The number of anilines is 1. The van der Waals surface area contributed by atoms with Crippen molar-refractivity contribution in [2.45, 2.75) is 84.7 Å². The van der Waals surface area contributed by atoms with Gasteiger partial charge in [-0.25, -0.2) is 9.59 Å². The molecule has 0 radical (unpaired) electrons. The van der Waals surface area contributed by atoms with Gasteiger partial charge in [0.05, 0.1) is 11.7 Å². The molecule has 0 spiro atoms. The van der Waals surface area contributed by atoms with Gasteiger partial charge in [-0.3, -0.25) is 0 Å². The minimum Gasteiger partial charge on any atom is -0.481 e. The van der Waals surface area contributed by atoms with Gasteiger partial charge in [0, 0.05) is 13.6 Å². The second-order valence-electron chi connectivity index (χ2n) is 10.2. The van der Waals surface area contributed by atoms with E-state index in [1.165, 1.54) is 4.90 Å². The molecule has 8 nitrogen and oxygen atoms in total. The Hall–Kier alpha value is -2.55. The van der Waals surface area contributed by atoms with E-state index in [9.17, 15) is 9.59 Å². The largest absolute Gasteiger partial charge is 0.481 e. The first-order valence-electron chi connectivity index (χ1n) is 11.2. The molecule has 0 aliphatic carbocycles. The van der Waals surface area contributed by atoms with E-state index in [4.69, 9.17) is 26.4 Å². The number of hydrogen-bond acceptors (Lipinski definition) is 6. The summed E-state index contributed by atoms with van der Waals surface area (Å²) in [7, 11) is 1.70. The van der Waals surface area contributed by atoms with Gasteiger partial charge < -0.3 is 29.7 Å². The molecule has 184 valence electrons. The maximum absolute atomic E-state index is 12.5. The molecule has 33 heavy (non-hydrogen) atoms. The Labute approximate surface area is 202 Å². The monoisotopic (exact) mass is 479 g/mol. The van der Waals surface area contributed by atoms with Crippen LogP contribution in [-0.2, 0) is 9.47 Å². The zero-order chi connectivity index (χ0) is 25.0. The fourth-order valence-corrected chi connectivity index (χ4v) is 3.34. The van der Waals surface area contributed by atoms with Crippen LogP contribution in [0, 0.1) is 0 Å². The number of thiocarbonyl (C=S) groups is 1. The summed E-state index contributed by atoms with van der Waals surface area (Å²) < 4.78 is 16.7. The Bertz CT molecular complexity index is 876. The standard InChI is InChI=1S/C24H37N3O5S/c1-15-20(33)25-18-14-16(11-12-19(18)30-15)17(26-21(28)31-23(2,3)4)10-9-13-27(8)22(29)32-24(5,6)7/h11-12,14-15,17H,9-10,13H2,1-8H3,(H,25,33)(H,26,28). The third-order valence-electron chi connectivity index (χ3n) is 4.72. The summed E-state index contributed by atoms with van der Waals surface area (Å²) in [6.45, 7) is 13.3. The minimum absolute atomic E-state index is 0.197. The van der Waals surface area contributed by atoms with E-state index in [-0.39, 0.29) is 18.2 Å². The summed E-state index contributed by atoms with van der Waals surface area (Å²) in [5.74, 6) is 0.709. The summed E-state index contributed by atoms with van der Waals surface area (Å²) >= 11 is 5.33. The third kappa shape index (κ3) is 8.72. The zero-order valence-electron chi connectivity index (χ0n) is 20.9. The van der Waals surface area contributed by atoms with Gasteiger partial charge in [0.1, 0.15) is 28.0 Å². The molecule has 2 rings (SSSR count). The Morgan fingerprint density at radius 1 is 1.18 bits per heavy atom. The molecular formula is C24H37N3O5S. The number of benzene rings is 1. The molecule has 0 saturated heterocycles. The summed E-state index contributed by atoms with van der Waals surface area (Å²) in [5, 5.41) is 6.16. The van der Waals surface area contributed by atoms with Crippen molar-refractivity contribution >= 4 is 35.1 Å². The smallest absolute Gasteiger partial charge is 0.410 e. The molecule has 2 amide bonds. The van der Waals surface area contributed by atoms with E-state index in [0.29, 0.717) is 30.1 Å².